The molecule has 3 rings (SSSR count). The highest BCUT2D eigenvalue weighted by Gasteiger charge is 2.40. The molecule has 38 heavy (non-hydrogen) atoms. The van der Waals surface area contributed by atoms with Crippen molar-refractivity contribution in [2.24, 2.45) is 0 Å². The summed E-state index contributed by atoms with van der Waals surface area (Å²) in [6, 6.07) is 11.5. The highest BCUT2D eigenvalue weighted by Crippen LogP contribution is 2.26. The van der Waals surface area contributed by atoms with E-state index in [1.807, 2.05) is 13.8 Å². The molecule has 0 spiro atoms. The number of rotatable bonds is 6. The third-order valence-electron chi connectivity index (χ3n) is 6.34. The fourth-order valence-electron chi connectivity index (χ4n) is 4.26. The molecule has 9 nitrogen and oxygen atoms in total. The van der Waals surface area contributed by atoms with Gasteiger partial charge in [0.25, 0.3) is 0 Å². The summed E-state index contributed by atoms with van der Waals surface area (Å²) in [5, 5.41) is 3.24. The highest BCUT2D eigenvalue weighted by atomic mass is 32.2. The molecule has 1 heterocycles. The lowest BCUT2D eigenvalue weighted by Gasteiger charge is -2.33. The Bertz CT molecular complexity index is 1320. The Hall–Kier alpha value is -2.57. The third kappa shape index (κ3) is 7.09. The van der Waals surface area contributed by atoms with Gasteiger partial charge in [-0.2, -0.15) is 8.61 Å². The van der Waals surface area contributed by atoms with Crippen molar-refractivity contribution in [3.05, 3.63) is 71.8 Å². The minimum absolute atomic E-state index is 0.0242. The first-order valence-electron chi connectivity index (χ1n) is 12.7. The van der Waals surface area contributed by atoms with Crippen LogP contribution >= 0.6 is 0 Å². The number of esters is 1. The lowest BCUT2D eigenvalue weighted by atomic mass is 10.1. The van der Waals surface area contributed by atoms with Crippen LogP contribution in [0.25, 0.3) is 0 Å². The van der Waals surface area contributed by atoms with Gasteiger partial charge in [-0.25, -0.2) is 21.6 Å². The van der Waals surface area contributed by atoms with Crippen LogP contribution < -0.4 is 5.32 Å². The predicted octanol–water partition coefficient (Wildman–Crippen LogP) is 2.86. The van der Waals surface area contributed by atoms with Crippen molar-refractivity contribution in [3.63, 3.8) is 0 Å². The Balaban J connectivity index is 2.07. The molecule has 2 aromatic carbocycles. The maximum absolute atomic E-state index is 13.8. The van der Waals surface area contributed by atoms with Gasteiger partial charge in [-0.3, -0.25) is 0 Å². The number of benzene rings is 2. The van der Waals surface area contributed by atoms with Crippen molar-refractivity contribution in [2.45, 2.75) is 49.4 Å². The molecule has 1 unspecified atom stereocenters. The van der Waals surface area contributed by atoms with Crippen molar-refractivity contribution in [1.29, 1.82) is 0 Å². The molecule has 0 saturated carbocycles. The van der Waals surface area contributed by atoms with E-state index in [9.17, 15) is 21.6 Å². The van der Waals surface area contributed by atoms with Crippen LogP contribution in [0.15, 0.2) is 70.5 Å². The van der Waals surface area contributed by atoms with Gasteiger partial charge < -0.3 is 10.1 Å². The molecule has 0 aromatic heterocycles. The first kappa shape index (κ1) is 30.0. The number of aryl methyl sites for hydroxylation is 2. The molecule has 2 aromatic rings. The number of hydrogen-bond acceptors (Lipinski definition) is 7. The predicted molar refractivity (Wildman–Crippen MR) is 147 cm³/mol. The average molecular weight is 564 g/mol. The summed E-state index contributed by atoms with van der Waals surface area (Å²) >= 11 is 0. The second-order valence-electron chi connectivity index (χ2n) is 9.35. The molecular weight excluding hydrogens is 526 g/mol. The number of nitrogens with one attached hydrogen (secondary N) is 1. The lowest BCUT2D eigenvalue weighted by Crippen LogP contribution is -2.50. The first-order chi connectivity index (χ1) is 18.0. The van der Waals surface area contributed by atoms with Crippen LogP contribution in [0, 0.1) is 13.8 Å². The molecule has 1 saturated heterocycles. The molecule has 0 bridgehead atoms. The van der Waals surface area contributed by atoms with E-state index in [0.717, 1.165) is 15.4 Å². The standard InChI is InChI=1S/C27H37N3O6S2/c1-5-36-27(31)26-23(4)20-29(37(32,33)24-12-8-21(2)9-13-24)18-6-16-28-17-7-19-30(26)38(34,35)25-14-10-22(3)11-15-25/h8-15,26,28H,4-7,16-20H2,1-3H3. The summed E-state index contributed by atoms with van der Waals surface area (Å²) in [6.45, 7) is 10.4. The van der Waals surface area contributed by atoms with E-state index in [1.165, 1.54) is 16.4 Å². The molecule has 1 fully saturated rings. The largest absolute Gasteiger partial charge is 0.465 e. The summed E-state index contributed by atoms with van der Waals surface area (Å²) in [6.07, 6.45) is 0.980. The van der Waals surface area contributed by atoms with Crippen molar-refractivity contribution in [3.8, 4) is 0 Å². The monoisotopic (exact) mass is 563 g/mol. The Morgan fingerprint density at radius 2 is 1.39 bits per heavy atom. The zero-order valence-electron chi connectivity index (χ0n) is 22.2. The molecule has 0 aliphatic carbocycles. The second kappa shape index (κ2) is 13.0. The van der Waals surface area contributed by atoms with E-state index < -0.39 is 32.1 Å². The summed E-state index contributed by atoms with van der Waals surface area (Å²) < 4.78 is 62.5. The van der Waals surface area contributed by atoms with E-state index >= 15 is 0 Å². The molecule has 1 aliphatic heterocycles. The van der Waals surface area contributed by atoms with Crippen molar-refractivity contribution in [1.82, 2.24) is 13.9 Å². The van der Waals surface area contributed by atoms with Gasteiger partial charge in [-0.1, -0.05) is 42.0 Å². The highest BCUT2D eigenvalue weighted by molar-refractivity contribution is 7.89. The van der Waals surface area contributed by atoms with Crippen molar-refractivity contribution in [2.75, 3.05) is 39.3 Å². The van der Waals surface area contributed by atoms with Crippen molar-refractivity contribution < 1.29 is 26.4 Å². The van der Waals surface area contributed by atoms with Gasteiger partial charge in [0.1, 0.15) is 6.04 Å². The third-order valence-corrected chi connectivity index (χ3v) is 10.1. The van der Waals surface area contributed by atoms with Crippen LogP contribution in [0.1, 0.15) is 30.9 Å². The van der Waals surface area contributed by atoms with Crippen molar-refractivity contribution >= 4 is 26.0 Å². The van der Waals surface area contributed by atoms with Gasteiger partial charge in [0.2, 0.25) is 20.0 Å². The minimum atomic E-state index is -4.15. The summed E-state index contributed by atoms with van der Waals surface area (Å²) in [4.78, 5) is 13.4. The van der Waals surface area contributed by atoms with Gasteiger partial charge in [0.05, 0.1) is 16.4 Å². The maximum Gasteiger partial charge on any atom is 0.328 e. The maximum atomic E-state index is 13.8. The summed E-state index contributed by atoms with van der Waals surface area (Å²) in [7, 11) is -8.09. The fourth-order valence-corrected chi connectivity index (χ4v) is 7.38. The first-order valence-corrected chi connectivity index (χ1v) is 15.6. The number of carbonyl (C=O) groups is 1. The number of hydrogen-bond donors (Lipinski definition) is 1. The Labute approximate surface area is 226 Å². The minimum Gasteiger partial charge on any atom is -0.465 e. The molecule has 1 atom stereocenters. The zero-order chi connectivity index (χ0) is 27.9. The van der Waals surface area contributed by atoms with E-state index in [2.05, 4.69) is 11.9 Å². The van der Waals surface area contributed by atoms with Crippen LogP contribution in [0.4, 0.5) is 0 Å². The smallest absolute Gasteiger partial charge is 0.328 e. The van der Waals surface area contributed by atoms with Gasteiger partial charge >= 0.3 is 5.97 Å². The van der Waals surface area contributed by atoms with E-state index in [0.29, 0.717) is 25.9 Å². The average Bonchev–Trinajstić information content (AvgIpc) is 2.86. The Kier molecular flexibility index (Phi) is 10.2. The van der Waals surface area contributed by atoms with Crippen LogP contribution in [0.5, 0.6) is 0 Å². The number of sulfonamides is 2. The molecule has 0 amide bonds. The van der Waals surface area contributed by atoms with E-state index in [1.54, 1.807) is 43.3 Å². The number of ether oxygens (including phenoxy) is 1. The number of carbonyl (C=O) groups excluding carboxylic acids is 1. The zero-order valence-corrected chi connectivity index (χ0v) is 23.9. The summed E-state index contributed by atoms with van der Waals surface area (Å²) in [5.74, 6) is -0.786. The molecule has 1 N–H and O–H groups in total. The normalized spacial score (nSPS) is 19.3. The van der Waals surface area contributed by atoms with Gasteiger partial charge in [0, 0.05) is 19.6 Å². The van der Waals surface area contributed by atoms with Crippen LogP contribution in [0.2, 0.25) is 0 Å². The van der Waals surface area contributed by atoms with Gasteiger partial charge in [-0.05, 0) is 76.5 Å². The Morgan fingerprint density at radius 1 is 0.895 bits per heavy atom. The van der Waals surface area contributed by atoms with Crippen LogP contribution in [-0.2, 0) is 29.6 Å². The fraction of sp³-hybridized carbons (Fsp3) is 0.444. The topological polar surface area (TPSA) is 113 Å². The number of nitrogens with zero attached hydrogens (tertiary/aromatic N) is 2. The van der Waals surface area contributed by atoms with Crippen LogP contribution in [-0.4, -0.2) is 76.8 Å². The molecule has 0 radical (unpaired) electrons. The van der Waals surface area contributed by atoms with Gasteiger partial charge in [-0.15, -0.1) is 0 Å². The van der Waals surface area contributed by atoms with E-state index in [-0.39, 0.29) is 41.6 Å². The SMILES string of the molecule is C=C1CN(S(=O)(=O)c2ccc(C)cc2)CCCNCCCN(S(=O)(=O)c2ccc(C)cc2)C1C(=O)OCC. The van der Waals surface area contributed by atoms with Crippen LogP contribution in [0.3, 0.4) is 0 Å². The summed E-state index contributed by atoms with van der Waals surface area (Å²) in [5.41, 5.74) is 1.94. The molecule has 11 heteroatoms. The Morgan fingerprint density at radius 3 is 1.92 bits per heavy atom. The molecule has 208 valence electrons. The van der Waals surface area contributed by atoms with Gasteiger partial charge in [0.15, 0.2) is 0 Å². The van der Waals surface area contributed by atoms with E-state index in [4.69, 9.17) is 4.74 Å². The second-order valence-corrected chi connectivity index (χ2v) is 13.2. The molecule has 1 aliphatic rings. The quantitative estimate of drug-likeness (QED) is 0.425. The molecular formula is C27H37N3O6S2. The lowest BCUT2D eigenvalue weighted by molar-refractivity contribution is -0.146.